The first-order valence-electron chi connectivity index (χ1n) is 11.1. The molecule has 166 valence electrons. The maximum absolute atomic E-state index is 11.8. The SMILES string of the molecule is CCN1CCN(c2nc(N)c([N+](=O)[O-])c(N3CCC(Cc4ccccc4)CC3)n2)CC1. The van der Waals surface area contributed by atoms with Crippen LogP contribution in [0.5, 0.6) is 0 Å². The lowest BCUT2D eigenvalue weighted by atomic mass is 9.90. The molecule has 2 fully saturated rings. The predicted octanol–water partition coefficient (Wildman–Crippen LogP) is 2.57. The van der Waals surface area contributed by atoms with Crippen molar-refractivity contribution in [2.24, 2.45) is 5.92 Å². The van der Waals surface area contributed by atoms with Crippen molar-refractivity contribution in [3.8, 4) is 0 Å². The van der Waals surface area contributed by atoms with Crippen LogP contribution in [0.25, 0.3) is 0 Å². The molecular formula is C22H31N7O2. The molecule has 2 aliphatic heterocycles. The van der Waals surface area contributed by atoms with Gasteiger partial charge in [-0.05, 0) is 37.3 Å². The van der Waals surface area contributed by atoms with Gasteiger partial charge < -0.3 is 20.4 Å². The molecule has 4 rings (SSSR count). The van der Waals surface area contributed by atoms with E-state index in [0.717, 1.165) is 65.1 Å². The third kappa shape index (κ3) is 4.87. The Morgan fingerprint density at radius 1 is 1.03 bits per heavy atom. The van der Waals surface area contributed by atoms with Crippen molar-refractivity contribution in [2.45, 2.75) is 26.2 Å². The lowest BCUT2D eigenvalue weighted by Crippen LogP contribution is -2.47. The van der Waals surface area contributed by atoms with Gasteiger partial charge in [0.05, 0.1) is 4.92 Å². The third-order valence-electron chi connectivity index (χ3n) is 6.45. The van der Waals surface area contributed by atoms with Gasteiger partial charge in [0.2, 0.25) is 17.6 Å². The van der Waals surface area contributed by atoms with Gasteiger partial charge in [-0.25, -0.2) is 0 Å². The number of benzene rings is 1. The van der Waals surface area contributed by atoms with Crippen molar-refractivity contribution < 1.29 is 4.92 Å². The zero-order valence-electron chi connectivity index (χ0n) is 18.1. The number of nitro groups is 1. The van der Waals surface area contributed by atoms with E-state index in [1.165, 1.54) is 5.56 Å². The zero-order valence-corrected chi connectivity index (χ0v) is 18.1. The molecule has 2 aromatic rings. The largest absolute Gasteiger partial charge is 0.378 e. The molecule has 0 spiro atoms. The molecule has 0 saturated carbocycles. The Labute approximate surface area is 183 Å². The standard InChI is InChI=1S/C22H31N7O2/c1-2-26-12-14-28(15-13-26)22-24-20(23)19(29(30)31)21(25-22)27-10-8-18(9-11-27)16-17-6-4-3-5-7-17/h3-7,18H,2,8-16H2,1H3,(H2,23,24,25). The number of nitrogens with zero attached hydrogens (tertiary/aromatic N) is 6. The normalized spacial score (nSPS) is 18.4. The first-order valence-corrected chi connectivity index (χ1v) is 11.1. The summed E-state index contributed by atoms with van der Waals surface area (Å²) in [5, 5.41) is 11.8. The molecule has 0 atom stereocenters. The number of piperazine rings is 1. The average Bonchev–Trinajstić information content (AvgIpc) is 2.79. The van der Waals surface area contributed by atoms with Gasteiger partial charge in [-0.2, -0.15) is 9.97 Å². The Morgan fingerprint density at radius 3 is 2.32 bits per heavy atom. The third-order valence-corrected chi connectivity index (χ3v) is 6.45. The van der Waals surface area contributed by atoms with Gasteiger partial charge in [-0.3, -0.25) is 10.1 Å². The van der Waals surface area contributed by atoms with Crippen molar-refractivity contribution in [3.05, 3.63) is 46.0 Å². The number of likely N-dealkylation sites (N-methyl/N-ethyl adjacent to an activating group) is 1. The summed E-state index contributed by atoms with van der Waals surface area (Å²) >= 11 is 0. The number of nitrogens with two attached hydrogens (primary N) is 1. The fraction of sp³-hybridized carbons (Fsp3) is 0.545. The van der Waals surface area contributed by atoms with Crippen LogP contribution < -0.4 is 15.5 Å². The molecule has 2 aliphatic rings. The van der Waals surface area contributed by atoms with Crippen molar-refractivity contribution in [1.29, 1.82) is 0 Å². The highest BCUT2D eigenvalue weighted by molar-refractivity contribution is 5.71. The van der Waals surface area contributed by atoms with E-state index in [9.17, 15) is 10.1 Å². The second-order valence-corrected chi connectivity index (χ2v) is 8.38. The summed E-state index contributed by atoms with van der Waals surface area (Å²) in [6.45, 7) is 8.08. The Kier molecular flexibility index (Phi) is 6.50. The number of aromatic nitrogens is 2. The highest BCUT2D eigenvalue weighted by Gasteiger charge is 2.31. The van der Waals surface area contributed by atoms with Crippen LogP contribution in [0.2, 0.25) is 0 Å². The van der Waals surface area contributed by atoms with Crippen LogP contribution in [0.4, 0.5) is 23.3 Å². The maximum atomic E-state index is 11.8. The summed E-state index contributed by atoms with van der Waals surface area (Å²) in [6, 6.07) is 10.5. The molecule has 2 saturated heterocycles. The summed E-state index contributed by atoms with van der Waals surface area (Å²) < 4.78 is 0. The second-order valence-electron chi connectivity index (χ2n) is 8.38. The number of hydrogen-bond donors (Lipinski definition) is 1. The van der Waals surface area contributed by atoms with Crippen LogP contribution >= 0.6 is 0 Å². The zero-order chi connectivity index (χ0) is 21.8. The van der Waals surface area contributed by atoms with E-state index < -0.39 is 4.92 Å². The average molecular weight is 426 g/mol. The van der Waals surface area contributed by atoms with E-state index >= 15 is 0 Å². The molecule has 9 nitrogen and oxygen atoms in total. The molecule has 31 heavy (non-hydrogen) atoms. The number of rotatable bonds is 6. The Morgan fingerprint density at radius 2 is 1.71 bits per heavy atom. The van der Waals surface area contributed by atoms with Crippen molar-refractivity contribution >= 4 is 23.3 Å². The van der Waals surface area contributed by atoms with Gasteiger partial charge in [-0.15, -0.1) is 0 Å². The lowest BCUT2D eigenvalue weighted by molar-refractivity contribution is -0.383. The highest BCUT2D eigenvalue weighted by atomic mass is 16.6. The van der Waals surface area contributed by atoms with Gasteiger partial charge in [0.15, 0.2) is 0 Å². The summed E-state index contributed by atoms with van der Waals surface area (Å²) in [5.41, 5.74) is 7.23. The first kappa shape index (κ1) is 21.3. The van der Waals surface area contributed by atoms with E-state index in [1.54, 1.807) is 0 Å². The molecule has 0 aliphatic carbocycles. The minimum absolute atomic E-state index is 0.0469. The van der Waals surface area contributed by atoms with E-state index in [-0.39, 0.29) is 11.5 Å². The van der Waals surface area contributed by atoms with E-state index in [0.29, 0.717) is 17.7 Å². The van der Waals surface area contributed by atoms with Gasteiger partial charge in [0, 0.05) is 39.3 Å². The predicted molar refractivity (Wildman–Crippen MR) is 123 cm³/mol. The van der Waals surface area contributed by atoms with Gasteiger partial charge in [0.25, 0.3) is 0 Å². The van der Waals surface area contributed by atoms with Crippen LogP contribution in [0.15, 0.2) is 30.3 Å². The van der Waals surface area contributed by atoms with Crippen LogP contribution in [0.3, 0.4) is 0 Å². The Hall–Kier alpha value is -2.94. The summed E-state index contributed by atoms with van der Waals surface area (Å²) in [4.78, 5) is 26.7. The second kappa shape index (κ2) is 9.47. The number of nitrogen functional groups attached to an aromatic ring is 1. The molecule has 9 heteroatoms. The van der Waals surface area contributed by atoms with Gasteiger partial charge in [0.1, 0.15) is 0 Å². The summed E-state index contributed by atoms with van der Waals surface area (Å²) in [6.07, 6.45) is 2.98. The van der Waals surface area contributed by atoms with Gasteiger partial charge >= 0.3 is 5.69 Å². The quantitative estimate of drug-likeness (QED) is 0.556. The minimum Gasteiger partial charge on any atom is -0.378 e. The van der Waals surface area contributed by atoms with Crippen molar-refractivity contribution in [1.82, 2.24) is 14.9 Å². The Bertz CT molecular complexity index is 892. The van der Waals surface area contributed by atoms with E-state index in [4.69, 9.17) is 5.73 Å². The highest BCUT2D eigenvalue weighted by Crippen LogP contribution is 2.35. The fourth-order valence-electron chi connectivity index (χ4n) is 4.55. The topological polar surface area (TPSA) is 105 Å². The molecule has 0 amide bonds. The monoisotopic (exact) mass is 425 g/mol. The Balaban J connectivity index is 1.50. The van der Waals surface area contributed by atoms with Crippen molar-refractivity contribution in [3.63, 3.8) is 0 Å². The maximum Gasteiger partial charge on any atom is 0.353 e. The summed E-state index contributed by atoms with van der Waals surface area (Å²) in [7, 11) is 0. The fourth-order valence-corrected chi connectivity index (χ4v) is 4.55. The van der Waals surface area contributed by atoms with Crippen LogP contribution in [0, 0.1) is 16.0 Å². The van der Waals surface area contributed by atoms with Gasteiger partial charge in [-0.1, -0.05) is 37.3 Å². The molecule has 0 unspecified atom stereocenters. The molecule has 1 aromatic carbocycles. The van der Waals surface area contributed by atoms with E-state index in [1.807, 2.05) is 11.0 Å². The van der Waals surface area contributed by atoms with Crippen molar-refractivity contribution in [2.75, 3.05) is 61.3 Å². The minimum atomic E-state index is -0.445. The molecular weight excluding hydrogens is 394 g/mol. The smallest absolute Gasteiger partial charge is 0.353 e. The molecule has 0 radical (unpaired) electrons. The first-order chi connectivity index (χ1) is 15.0. The molecule has 2 N–H and O–H groups in total. The number of piperidine rings is 1. The van der Waals surface area contributed by atoms with Crippen LogP contribution in [-0.2, 0) is 6.42 Å². The van der Waals surface area contributed by atoms with Crippen LogP contribution in [-0.4, -0.2) is 65.6 Å². The number of hydrogen-bond acceptors (Lipinski definition) is 8. The lowest BCUT2D eigenvalue weighted by Gasteiger charge is -2.35. The number of anilines is 3. The molecule has 0 bridgehead atoms. The molecule has 1 aromatic heterocycles. The summed E-state index contributed by atoms with van der Waals surface area (Å²) in [5.74, 6) is 1.39. The van der Waals surface area contributed by atoms with E-state index in [2.05, 4.69) is 51.0 Å². The molecule has 3 heterocycles. The van der Waals surface area contributed by atoms with Crippen LogP contribution in [0.1, 0.15) is 25.3 Å².